The number of halogens is 1. The summed E-state index contributed by atoms with van der Waals surface area (Å²) in [5.74, 6) is -0.788. The third kappa shape index (κ3) is 2.57. The minimum absolute atomic E-state index is 0.0653. The normalized spacial score (nSPS) is 10.4. The van der Waals surface area contributed by atoms with E-state index >= 15 is 0 Å². The molecule has 0 aliphatic rings. The first kappa shape index (κ1) is 11.5. The lowest BCUT2D eigenvalue weighted by Gasteiger charge is -2.04. The molecule has 0 unspecified atom stereocenters. The molecule has 3 N–H and O–H groups in total. The fourth-order valence-corrected chi connectivity index (χ4v) is 1.68. The molecular weight excluding hydrogens is 242 g/mol. The molecule has 1 aromatic heterocycles. The minimum atomic E-state index is -1.10. The van der Waals surface area contributed by atoms with Gasteiger partial charge in [-0.3, -0.25) is 0 Å². The van der Waals surface area contributed by atoms with E-state index in [1.165, 1.54) is 10.7 Å². The second kappa shape index (κ2) is 4.47. The van der Waals surface area contributed by atoms with Crippen molar-refractivity contribution in [1.82, 2.24) is 9.78 Å². The first-order valence-corrected chi connectivity index (χ1v) is 5.25. The summed E-state index contributed by atoms with van der Waals surface area (Å²) in [7, 11) is 0. The third-order valence-electron chi connectivity index (χ3n) is 2.25. The molecule has 0 bridgehead atoms. The van der Waals surface area contributed by atoms with Crippen molar-refractivity contribution in [3.63, 3.8) is 0 Å². The number of carbonyl (C=O) groups is 1. The lowest BCUT2D eigenvalue weighted by molar-refractivity contribution is 0.0689. The van der Waals surface area contributed by atoms with Gasteiger partial charge in [-0.15, -0.1) is 0 Å². The molecule has 0 radical (unpaired) electrons. The number of hydrogen-bond donors (Lipinski definition) is 2. The van der Waals surface area contributed by atoms with Crippen molar-refractivity contribution in [3.8, 4) is 0 Å². The van der Waals surface area contributed by atoms with Gasteiger partial charge in [-0.1, -0.05) is 23.7 Å². The molecule has 5 nitrogen and oxygen atoms in total. The molecule has 1 heterocycles. The smallest absolute Gasteiger partial charge is 0.356 e. The maximum absolute atomic E-state index is 10.7. The zero-order chi connectivity index (χ0) is 12.4. The van der Waals surface area contributed by atoms with E-state index in [2.05, 4.69) is 5.10 Å². The van der Waals surface area contributed by atoms with Crippen molar-refractivity contribution in [2.45, 2.75) is 6.54 Å². The van der Waals surface area contributed by atoms with Crippen molar-refractivity contribution < 1.29 is 9.90 Å². The summed E-state index contributed by atoms with van der Waals surface area (Å²) in [5, 5.41) is 13.3. The Morgan fingerprint density at radius 3 is 2.82 bits per heavy atom. The number of aromatic carboxylic acids is 1. The van der Waals surface area contributed by atoms with Gasteiger partial charge >= 0.3 is 5.97 Å². The molecule has 2 aromatic rings. The fraction of sp³-hybridized carbons (Fsp3) is 0.0909. The predicted molar refractivity (Wildman–Crippen MR) is 64.2 cm³/mol. The van der Waals surface area contributed by atoms with Crippen LogP contribution in [0.25, 0.3) is 0 Å². The quantitative estimate of drug-likeness (QED) is 0.873. The zero-order valence-electron chi connectivity index (χ0n) is 8.80. The number of rotatable bonds is 3. The largest absolute Gasteiger partial charge is 0.476 e. The summed E-state index contributed by atoms with van der Waals surface area (Å²) in [6.07, 6.45) is 0. The van der Waals surface area contributed by atoms with Crippen LogP contribution in [0.3, 0.4) is 0 Å². The molecule has 2 rings (SSSR count). The topological polar surface area (TPSA) is 81.1 Å². The standard InChI is InChI=1S/C11H10ClN3O2/c12-8-3-1-2-7(4-8)6-15-10(13)5-9(14-15)11(16)17/h1-5H,6,13H2,(H,16,17). The Morgan fingerprint density at radius 2 is 2.24 bits per heavy atom. The lowest BCUT2D eigenvalue weighted by Crippen LogP contribution is -2.07. The molecular formula is C11H10ClN3O2. The Hall–Kier alpha value is -2.01. The Labute approximate surface area is 102 Å². The van der Waals surface area contributed by atoms with Crippen molar-refractivity contribution in [2.75, 3.05) is 5.73 Å². The number of hydrogen-bond acceptors (Lipinski definition) is 3. The van der Waals surface area contributed by atoms with Crippen LogP contribution in [0.2, 0.25) is 5.02 Å². The minimum Gasteiger partial charge on any atom is -0.476 e. The molecule has 0 spiro atoms. The molecule has 1 aromatic carbocycles. The van der Waals surface area contributed by atoms with Crippen LogP contribution >= 0.6 is 11.6 Å². The zero-order valence-corrected chi connectivity index (χ0v) is 9.55. The number of nitrogen functional groups attached to an aromatic ring is 1. The Balaban J connectivity index is 2.27. The van der Waals surface area contributed by atoms with Gasteiger partial charge in [0.2, 0.25) is 0 Å². The van der Waals surface area contributed by atoms with Gasteiger partial charge in [-0.2, -0.15) is 5.10 Å². The van der Waals surface area contributed by atoms with Crippen LogP contribution in [0.5, 0.6) is 0 Å². The highest BCUT2D eigenvalue weighted by atomic mass is 35.5. The van der Waals surface area contributed by atoms with Gasteiger partial charge in [0.05, 0.1) is 6.54 Å². The second-order valence-corrected chi connectivity index (χ2v) is 3.98. The van der Waals surface area contributed by atoms with Gasteiger partial charge in [-0.05, 0) is 17.7 Å². The molecule has 0 fully saturated rings. The number of anilines is 1. The maximum Gasteiger partial charge on any atom is 0.356 e. The van der Waals surface area contributed by atoms with Crippen molar-refractivity contribution in [3.05, 3.63) is 46.6 Å². The van der Waals surface area contributed by atoms with Crippen molar-refractivity contribution in [2.24, 2.45) is 0 Å². The van der Waals surface area contributed by atoms with Gasteiger partial charge in [0.1, 0.15) is 5.82 Å². The van der Waals surface area contributed by atoms with Crippen molar-refractivity contribution >= 4 is 23.4 Å². The molecule has 6 heteroatoms. The summed E-state index contributed by atoms with van der Waals surface area (Å²) >= 11 is 5.85. The molecule has 0 amide bonds. The molecule has 0 aliphatic carbocycles. The van der Waals surface area contributed by atoms with E-state index in [0.717, 1.165) is 5.56 Å². The van der Waals surface area contributed by atoms with Gasteiger partial charge < -0.3 is 10.8 Å². The van der Waals surface area contributed by atoms with E-state index in [0.29, 0.717) is 17.4 Å². The molecule has 17 heavy (non-hydrogen) atoms. The number of carboxylic acids is 1. The number of aromatic nitrogens is 2. The van der Waals surface area contributed by atoms with Crippen molar-refractivity contribution in [1.29, 1.82) is 0 Å². The lowest BCUT2D eigenvalue weighted by atomic mass is 10.2. The number of nitrogens with two attached hydrogens (primary N) is 1. The molecule has 0 aliphatic heterocycles. The van der Waals surface area contributed by atoms with E-state index in [9.17, 15) is 4.79 Å². The molecule has 88 valence electrons. The number of carboxylic acid groups (broad SMARTS) is 1. The average Bonchev–Trinajstić information content (AvgIpc) is 2.61. The average molecular weight is 252 g/mol. The van der Waals surface area contributed by atoms with Crippen LogP contribution in [0, 0.1) is 0 Å². The summed E-state index contributed by atoms with van der Waals surface area (Å²) < 4.78 is 1.43. The highest BCUT2D eigenvalue weighted by molar-refractivity contribution is 6.30. The molecule has 0 saturated carbocycles. The van der Waals surface area contributed by atoms with Crippen LogP contribution < -0.4 is 5.73 Å². The van der Waals surface area contributed by atoms with Gasteiger partial charge in [0, 0.05) is 11.1 Å². The van der Waals surface area contributed by atoms with Crippen LogP contribution in [0.4, 0.5) is 5.82 Å². The van der Waals surface area contributed by atoms with E-state index < -0.39 is 5.97 Å². The molecule has 0 atom stereocenters. The van der Waals surface area contributed by atoms with Gasteiger partial charge in [-0.25, -0.2) is 9.48 Å². The number of nitrogens with zero attached hydrogens (tertiary/aromatic N) is 2. The first-order chi connectivity index (χ1) is 8.06. The highest BCUT2D eigenvalue weighted by Gasteiger charge is 2.11. The third-order valence-corrected chi connectivity index (χ3v) is 2.49. The van der Waals surface area contributed by atoms with Crippen LogP contribution in [-0.4, -0.2) is 20.9 Å². The first-order valence-electron chi connectivity index (χ1n) is 4.87. The maximum atomic E-state index is 10.7. The van der Waals surface area contributed by atoms with E-state index in [-0.39, 0.29) is 5.69 Å². The Kier molecular flexibility index (Phi) is 3.01. The fourth-order valence-electron chi connectivity index (χ4n) is 1.47. The van der Waals surface area contributed by atoms with Crippen LogP contribution in [0.15, 0.2) is 30.3 Å². The SMILES string of the molecule is Nc1cc(C(=O)O)nn1Cc1cccc(Cl)c1. The van der Waals surface area contributed by atoms with Gasteiger partial charge in [0.25, 0.3) is 0 Å². The summed E-state index contributed by atoms with van der Waals surface area (Å²) in [5.41, 5.74) is 6.51. The number of benzene rings is 1. The van der Waals surface area contributed by atoms with E-state index in [1.54, 1.807) is 12.1 Å². The summed E-state index contributed by atoms with van der Waals surface area (Å²) in [6.45, 7) is 0.389. The van der Waals surface area contributed by atoms with E-state index in [4.69, 9.17) is 22.4 Å². The molecule has 0 saturated heterocycles. The van der Waals surface area contributed by atoms with Crippen LogP contribution in [0.1, 0.15) is 16.1 Å². The monoisotopic (exact) mass is 251 g/mol. The van der Waals surface area contributed by atoms with E-state index in [1.807, 2.05) is 12.1 Å². The predicted octanol–water partition coefficient (Wildman–Crippen LogP) is 1.87. The Morgan fingerprint density at radius 1 is 1.47 bits per heavy atom. The Bertz CT molecular complexity index is 566. The highest BCUT2D eigenvalue weighted by Crippen LogP contribution is 2.14. The summed E-state index contributed by atoms with van der Waals surface area (Å²) in [4.78, 5) is 10.7. The van der Waals surface area contributed by atoms with Gasteiger partial charge in [0.15, 0.2) is 5.69 Å². The summed E-state index contributed by atoms with van der Waals surface area (Å²) in [6, 6.07) is 8.55. The van der Waals surface area contributed by atoms with Crippen LogP contribution in [-0.2, 0) is 6.54 Å². The second-order valence-electron chi connectivity index (χ2n) is 3.55.